The number of halogens is 1. The van der Waals surface area contributed by atoms with Gasteiger partial charge in [0.05, 0.1) is 0 Å². The van der Waals surface area contributed by atoms with Gasteiger partial charge < -0.3 is 5.32 Å². The minimum Gasteiger partial charge on any atom is -0.317 e. The van der Waals surface area contributed by atoms with E-state index in [4.69, 9.17) is 11.6 Å². The summed E-state index contributed by atoms with van der Waals surface area (Å²) in [5.74, 6) is 1.48. The average Bonchev–Trinajstić information content (AvgIpc) is 2.04. The van der Waals surface area contributed by atoms with E-state index in [1.165, 1.54) is 19.3 Å². The quantitative estimate of drug-likeness (QED) is 0.466. The van der Waals surface area contributed by atoms with E-state index in [-0.39, 0.29) is 0 Å². The molecule has 0 radical (unpaired) electrons. The lowest BCUT2D eigenvalue weighted by Gasteiger charge is -2.06. The first kappa shape index (κ1) is 11.2. The second-order valence-electron chi connectivity index (χ2n) is 3.15. The van der Waals surface area contributed by atoms with Gasteiger partial charge in [-0.05, 0) is 38.3 Å². The van der Waals surface area contributed by atoms with Crippen LogP contribution in [0.2, 0.25) is 0 Å². The van der Waals surface area contributed by atoms with E-state index < -0.39 is 0 Å². The molecule has 1 nitrogen and oxygen atoms in total. The summed E-state index contributed by atoms with van der Waals surface area (Å²) in [5, 5.41) is 3.37. The van der Waals surface area contributed by atoms with Gasteiger partial charge in [-0.3, -0.25) is 0 Å². The minimum absolute atomic E-state index is 0.681. The molecular formula is C9H20ClN. The highest BCUT2D eigenvalue weighted by Gasteiger charge is 1.97. The first-order valence-corrected chi connectivity index (χ1v) is 5.11. The molecule has 1 atom stereocenters. The third-order valence-electron chi connectivity index (χ3n) is 1.74. The van der Waals surface area contributed by atoms with Crippen molar-refractivity contribution in [2.75, 3.05) is 19.0 Å². The molecule has 0 fully saturated rings. The van der Waals surface area contributed by atoms with E-state index >= 15 is 0 Å². The normalized spacial score (nSPS) is 13.4. The Kier molecular flexibility index (Phi) is 8.54. The molecule has 0 rings (SSSR count). The predicted molar refractivity (Wildman–Crippen MR) is 52.3 cm³/mol. The fourth-order valence-electron chi connectivity index (χ4n) is 0.954. The van der Waals surface area contributed by atoms with Crippen LogP contribution in [-0.4, -0.2) is 19.0 Å². The summed E-state index contributed by atoms with van der Waals surface area (Å²) in [5.41, 5.74) is 0. The summed E-state index contributed by atoms with van der Waals surface area (Å²) in [7, 11) is 0. The van der Waals surface area contributed by atoms with Crippen molar-refractivity contribution in [2.24, 2.45) is 5.92 Å². The van der Waals surface area contributed by atoms with Gasteiger partial charge in [0.1, 0.15) is 0 Å². The topological polar surface area (TPSA) is 12.0 Å². The van der Waals surface area contributed by atoms with E-state index in [1.807, 2.05) is 0 Å². The van der Waals surface area contributed by atoms with Crippen molar-refractivity contribution < 1.29 is 0 Å². The Morgan fingerprint density at radius 1 is 1.36 bits per heavy atom. The molecule has 0 heterocycles. The van der Waals surface area contributed by atoms with Crippen LogP contribution in [0.4, 0.5) is 0 Å². The maximum absolute atomic E-state index is 5.67. The lowest BCUT2D eigenvalue weighted by molar-refractivity contribution is 0.531. The molecule has 0 aromatic carbocycles. The molecule has 68 valence electrons. The summed E-state index contributed by atoms with van der Waals surface area (Å²) in [4.78, 5) is 0. The third-order valence-corrected chi connectivity index (χ3v) is 2.27. The van der Waals surface area contributed by atoms with Gasteiger partial charge >= 0.3 is 0 Å². The number of rotatable bonds is 7. The molecule has 0 amide bonds. The summed E-state index contributed by atoms with van der Waals surface area (Å²) < 4.78 is 0. The summed E-state index contributed by atoms with van der Waals surface area (Å²) in [6, 6.07) is 0. The molecule has 1 N–H and O–H groups in total. The molecule has 0 aromatic rings. The highest BCUT2D eigenvalue weighted by molar-refractivity contribution is 6.18. The van der Waals surface area contributed by atoms with Crippen molar-refractivity contribution in [3.05, 3.63) is 0 Å². The average molecular weight is 178 g/mol. The lowest BCUT2D eigenvalue weighted by Crippen LogP contribution is -2.16. The zero-order valence-electron chi connectivity index (χ0n) is 7.70. The van der Waals surface area contributed by atoms with E-state index in [1.54, 1.807) is 0 Å². The molecule has 1 unspecified atom stereocenters. The van der Waals surface area contributed by atoms with Gasteiger partial charge in [-0.25, -0.2) is 0 Å². The molecule has 0 aromatic heterocycles. The fraction of sp³-hybridized carbons (Fsp3) is 1.00. The Hall–Kier alpha value is 0.250. The molecule has 0 aliphatic heterocycles. The van der Waals surface area contributed by atoms with Crippen molar-refractivity contribution >= 4 is 11.6 Å². The van der Waals surface area contributed by atoms with Gasteiger partial charge in [-0.2, -0.15) is 0 Å². The predicted octanol–water partition coefficient (Wildman–Crippen LogP) is 2.64. The standard InChI is InChI=1S/C9H20ClN/c1-3-6-11-7-4-5-9(2)8-10/h9,11H,3-8H2,1-2H3. The van der Waals surface area contributed by atoms with Gasteiger partial charge in [0.25, 0.3) is 0 Å². The van der Waals surface area contributed by atoms with Gasteiger partial charge in [0.2, 0.25) is 0 Å². The number of alkyl halides is 1. The van der Waals surface area contributed by atoms with Gasteiger partial charge in [-0.1, -0.05) is 13.8 Å². The van der Waals surface area contributed by atoms with Crippen LogP contribution in [0.3, 0.4) is 0 Å². The van der Waals surface area contributed by atoms with Crippen molar-refractivity contribution in [3.8, 4) is 0 Å². The lowest BCUT2D eigenvalue weighted by atomic mass is 10.1. The van der Waals surface area contributed by atoms with E-state index in [2.05, 4.69) is 19.2 Å². The van der Waals surface area contributed by atoms with E-state index in [9.17, 15) is 0 Å². The summed E-state index contributed by atoms with van der Waals surface area (Å²) in [6.45, 7) is 6.69. The Labute approximate surface area is 75.5 Å². The van der Waals surface area contributed by atoms with Gasteiger partial charge in [0, 0.05) is 5.88 Å². The van der Waals surface area contributed by atoms with Gasteiger partial charge in [0.15, 0.2) is 0 Å². The monoisotopic (exact) mass is 177 g/mol. The Bertz CT molecular complexity index is 76.0. The van der Waals surface area contributed by atoms with Crippen molar-refractivity contribution in [3.63, 3.8) is 0 Å². The second-order valence-corrected chi connectivity index (χ2v) is 3.46. The Morgan fingerprint density at radius 3 is 2.64 bits per heavy atom. The molecule has 2 heteroatoms. The van der Waals surface area contributed by atoms with Crippen molar-refractivity contribution in [2.45, 2.75) is 33.1 Å². The number of nitrogens with one attached hydrogen (secondary N) is 1. The largest absolute Gasteiger partial charge is 0.317 e. The van der Waals surface area contributed by atoms with Crippen LogP contribution in [0.25, 0.3) is 0 Å². The fourth-order valence-corrected chi connectivity index (χ4v) is 1.11. The number of hydrogen-bond donors (Lipinski definition) is 1. The molecule has 0 saturated carbocycles. The zero-order valence-corrected chi connectivity index (χ0v) is 8.45. The van der Waals surface area contributed by atoms with Crippen LogP contribution < -0.4 is 5.32 Å². The molecule has 0 saturated heterocycles. The van der Waals surface area contributed by atoms with Crippen LogP contribution in [0.15, 0.2) is 0 Å². The first-order valence-electron chi connectivity index (χ1n) is 4.58. The molecule has 0 spiro atoms. The van der Waals surface area contributed by atoms with Crippen LogP contribution in [0.1, 0.15) is 33.1 Å². The third kappa shape index (κ3) is 8.15. The van der Waals surface area contributed by atoms with Crippen LogP contribution in [-0.2, 0) is 0 Å². The zero-order chi connectivity index (χ0) is 8.53. The van der Waals surface area contributed by atoms with Crippen molar-refractivity contribution in [1.29, 1.82) is 0 Å². The van der Waals surface area contributed by atoms with E-state index in [0.29, 0.717) is 5.92 Å². The number of hydrogen-bond acceptors (Lipinski definition) is 1. The van der Waals surface area contributed by atoms with Crippen LogP contribution >= 0.6 is 11.6 Å². The van der Waals surface area contributed by atoms with Crippen molar-refractivity contribution in [1.82, 2.24) is 5.32 Å². The summed E-state index contributed by atoms with van der Waals surface area (Å²) >= 11 is 5.67. The second kappa shape index (κ2) is 8.35. The summed E-state index contributed by atoms with van der Waals surface area (Å²) in [6.07, 6.45) is 3.74. The van der Waals surface area contributed by atoms with Crippen LogP contribution in [0.5, 0.6) is 0 Å². The van der Waals surface area contributed by atoms with E-state index in [0.717, 1.165) is 19.0 Å². The maximum Gasteiger partial charge on any atom is 0.0249 e. The first-order chi connectivity index (χ1) is 5.31. The Balaban J connectivity index is 2.89. The molecule has 0 bridgehead atoms. The minimum atomic E-state index is 0.681. The maximum atomic E-state index is 5.67. The molecular weight excluding hydrogens is 158 g/mol. The molecule has 0 aliphatic carbocycles. The van der Waals surface area contributed by atoms with Crippen LogP contribution in [0, 0.1) is 5.92 Å². The van der Waals surface area contributed by atoms with Gasteiger partial charge in [-0.15, -0.1) is 11.6 Å². The SMILES string of the molecule is CCCNCCCC(C)CCl. The Morgan fingerprint density at radius 2 is 2.09 bits per heavy atom. The molecule has 11 heavy (non-hydrogen) atoms. The highest BCUT2D eigenvalue weighted by atomic mass is 35.5. The smallest absolute Gasteiger partial charge is 0.0249 e. The molecule has 0 aliphatic rings. The highest BCUT2D eigenvalue weighted by Crippen LogP contribution is 2.05.